The molecule has 1 saturated carbocycles. The third-order valence-electron chi connectivity index (χ3n) is 17.5. The molecule has 1 aliphatic carbocycles. The molecule has 12 rings (SSSR count). The topological polar surface area (TPSA) is 195 Å². The molecule has 9 aromatic rings. The third kappa shape index (κ3) is 14.1. The van der Waals surface area contributed by atoms with Gasteiger partial charge in [0.15, 0.2) is 5.60 Å². The molecule has 8 heterocycles. The zero-order chi connectivity index (χ0) is 62.0. The normalized spacial score (nSPS) is 15.3. The van der Waals surface area contributed by atoms with E-state index in [4.69, 9.17) is 19.2 Å². The average Bonchev–Trinajstić information content (AvgIpc) is 1.51. The molecule has 1 amide bonds. The van der Waals surface area contributed by atoms with Crippen molar-refractivity contribution in [3.05, 3.63) is 242 Å². The third-order valence-corrected chi connectivity index (χ3v) is 17.5. The van der Waals surface area contributed by atoms with Crippen molar-refractivity contribution in [1.29, 1.82) is 0 Å². The van der Waals surface area contributed by atoms with Gasteiger partial charge in [-0.1, -0.05) is 75.6 Å². The molecule has 6 aromatic heterocycles. The number of benzene rings is 3. The molecule has 17 nitrogen and oxygen atoms in total. The molecule has 17 heteroatoms. The Hall–Kier alpha value is -9.29. The molecule has 1 atom stereocenters. The Balaban J connectivity index is 0.726. The van der Waals surface area contributed by atoms with Crippen LogP contribution < -0.4 is 15.0 Å². The molecule has 0 spiro atoms. The number of unbranched alkanes of at least 4 members (excludes halogenated alkanes) is 1. The number of hydrogen-bond donors (Lipinski definition) is 1. The monoisotopic (exact) mass is 1210 g/mol. The Morgan fingerprint density at radius 1 is 0.644 bits per heavy atom. The van der Waals surface area contributed by atoms with Crippen molar-refractivity contribution >= 4 is 28.7 Å². The predicted molar refractivity (Wildman–Crippen MR) is 341 cm³/mol. The maximum absolute atomic E-state index is 14.4. The van der Waals surface area contributed by atoms with Gasteiger partial charge in [-0.2, -0.15) is 0 Å². The summed E-state index contributed by atoms with van der Waals surface area (Å²) in [7, 11) is 0. The fourth-order valence-corrected chi connectivity index (χ4v) is 12.9. The minimum Gasteiger partial charge on any atom is -0.494 e. The molecule has 3 aliphatic rings. The summed E-state index contributed by atoms with van der Waals surface area (Å²) >= 11 is 0. The molecule has 3 aromatic carbocycles. The van der Waals surface area contributed by atoms with Crippen LogP contribution in [0.2, 0.25) is 0 Å². The summed E-state index contributed by atoms with van der Waals surface area (Å²) in [6.07, 6.45) is 14.4. The number of pyridine rings is 6. The van der Waals surface area contributed by atoms with Crippen LogP contribution in [0, 0.1) is 5.92 Å². The largest absolute Gasteiger partial charge is 0.494 e. The Morgan fingerprint density at radius 3 is 1.80 bits per heavy atom. The number of fused-ring (bicyclic) bond motifs is 5. The molecule has 0 radical (unpaired) electrons. The number of esters is 2. The van der Waals surface area contributed by atoms with Gasteiger partial charge >= 0.3 is 11.9 Å². The highest BCUT2D eigenvalue weighted by atomic mass is 16.6. The zero-order valence-electron chi connectivity index (χ0n) is 51.1. The molecule has 0 bridgehead atoms. The van der Waals surface area contributed by atoms with E-state index in [1.807, 2.05) is 103 Å². The van der Waals surface area contributed by atoms with Crippen LogP contribution in [0.15, 0.2) is 169 Å². The van der Waals surface area contributed by atoms with Crippen molar-refractivity contribution in [3.63, 3.8) is 0 Å². The second-order valence-electron chi connectivity index (χ2n) is 23.8. The van der Waals surface area contributed by atoms with Crippen LogP contribution in [-0.4, -0.2) is 80.3 Å². The highest BCUT2D eigenvalue weighted by molar-refractivity contribution is 5.93. The van der Waals surface area contributed by atoms with Gasteiger partial charge in [0.2, 0.25) is 5.91 Å². The van der Waals surface area contributed by atoms with Crippen molar-refractivity contribution in [3.8, 4) is 22.9 Å². The van der Waals surface area contributed by atoms with E-state index in [0.29, 0.717) is 93.6 Å². The summed E-state index contributed by atoms with van der Waals surface area (Å²) < 4.78 is 19.6. The van der Waals surface area contributed by atoms with Crippen LogP contribution in [0.5, 0.6) is 11.5 Å². The first kappa shape index (κ1) is 61.0. The van der Waals surface area contributed by atoms with Gasteiger partial charge in [0.05, 0.1) is 64.0 Å². The quantitative estimate of drug-likeness (QED) is 0.0322. The summed E-state index contributed by atoms with van der Waals surface area (Å²) in [6.45, 7) is 8.97. The van der Waals surface area contributed by atoms with Crippen molar-refractivity contribution in [2.45, 2.75) is 136 Å². The van der Waals surface area contributed by atoms with Gasteiger partial charge in [-0.25, -0.2) is 14.6 Å². The summed E-state index contributed by atoms with van der Waals surface area (Å²) in [5.41, 5.74) is 9.27. The molecule has 90 heavy (non-hydrogen) atoms. The lowest BCUT2D eigenvalue weighted by Crippen LogP contribution is -2.44. The first-order valence-corrected chi connectivity index (χ1v) is 31.5. The SMILES string of the molecule is CCc1c2c(nc3ccc(OC(=O)c4ccc(CN(CCCCOc5cc(CN(Cc6ccccn6)Cc6ccccn6)cc(CN(Cc6ccccn6)Cc6ccccn6)c5)C(=O)C5CCCCC5)cc4)cc13)-c1cc3c(c(=O)n1C2)COC(=O)C3(O)CC. The maximum atomic E-state index is 14.4. The molecule has 1 unspecified atom stereocenters. The Bertz CT molecular complexity index is 3860. The number of aryl methyl sites for hydroxylation is 1. The van der Waals surface area contributed by atoms with Crippen LogP contribution in [0.25, 0.3) is 22.3 Å². The van der Waals surface area contributed by atoms with Crippen molar-refractivity contribution in [2.24, 2.45) is 5.92 Å². The van der Waals surface area contributed by atoms with E-state index in [1.165, 1.54) is 0 Å². The summed E-state index contributed by atoms with van der Waals surface area (Å²) in [5.74, 6) is -0.0121. The van der Waals surface area contributed by atoms with E-state index in [1.54, 1.807) is 41.8 Å². The van der Waals surface area contributed by atoms with Crippen LogP contribution >= 0.6 is 0 Å². The highest BCUT2D eigenvalue weighted by Crippen LogP contribution is 2.41. The number of hydrogen-bond acceptors (Lipinski definition) is 15. The second-order valence-corrected chi connectivity index (χ2v) is 23.8. The second kappa shape index (κ2) is 28.0. The maximum Gasteiger partial charge on any atom is 0.343 e. The van der Waals surface area contributed by atoms with E-state index >= 15 is 0 Å². The molecule has 0 saturated heterocycles. The van der Waals surface area contributed by atoms with Gasteiger partial charge in [0.25, 0.3) is 5.56 Å². The minimum atomic E-state index is -1.92. The van der Waals surface area contributed by atoms with Gasteiger partial charge in [-0.15, -0.1) is 0 Å². The average molecular weight is 1210 g/mol. The van der Waals surface area contributed by atoms with Gasteiger partial charge in [0, 0.05) is 99.6 Å². The number of aliphatic hydroxyl groups is 1. The molecule has 2 aliphatic heterocycles. The van der Waals surface area contributed by atoms with Gasteiger partial charge < -0.3 is 28.8 Å². The lowest BCUT2D eigenvalue weighted by atomic mass is 9.86. The molecule has 1 fully saturated rings. The molecular formula is C73H75N9O8. The number of carbonyl (C=O) groups excluding carboxylic acids is 3. The Kier molecular flexibility index (Phi) is 19.0. The van der Waals surface area contributed by atoms with Gasteiger partial charge in [-0.05, 0) is 158 Å². The minimum absolute atomic E-state index is 0.0189. The van der Waals surface area contributed by atoms with E-state index in [9.17, 15) is 24.3 Å². The summed E-state index contributed by atoms with van der Waals surface area (Å²) in [4.78, 5) is 85.3. The number of aromatic nitrogens is 6. The van der Waals surface area contributed by atoms with Crippen molar-refractivity contribution < 1.29 is 33.7 Å². The van der Waals surface area contributed by atoms with Crippen LogP contribution in [0.1, 0.15) is 137 Å². The van der Waals surface area contributed by atoms with Crippen LogP contribution in [0.3, 0.4) is 0 Å². The van der Waals surface area contributed by atoms with E-state index in [0.717, 1.165) is 107 Å². The fraction of sp³-hybridized carbons (Fsp3) is 0.329. The number of amides is 1. The van der Waals surface area contributed by atoms with Crippen LogP contribution in [-0.2, 0) is 85.3 Å². The Morgan fingerprint density at radius 2 is 1.24 bits per heavy atom. The van der Waals surface area contributed by atoms with Crippen molar-refractivity contribution in [1.82, 2.24) is 44.2 Å². The number of nitrogens with zero attached hydrogens (tertiary/aromatic N) is 9. The summed E-state index contributed by atoms with van der Waals surface area (Å²) in [5, 5.41) is 12.2. The zero-order valence-corrected chi connectivity index (χ0v) is 51.1. The number of rotatable bonds is 25. The highest BCUT2D eigenvalue weighted by Gasteiger charge is 2.45. The van der Waals surface area contributed by atoms with Gasteiger partial charge in [-0.3, -0.25) is 39.3 Å². The number of ether oxygens (including phenoxy) is 3. The van der Waals surface area contributed by atoms with E-state index in [2.05, 4.69) is 72.2 Å². The van der Waals surface area contributed by atoms with Crippen LogP contribution in [0.4, 0.5) is 0 Å². The summed E-state index contributed by atoms with van der Waals surface area (Å²) in [6, 6.07) is 45.0. The molecule has 460 valence electrons. The number of carbonyl (C=O) groups is 3. The smallest absolute Gasteiger partial charge is 0.343 e. The predicted octanol–water partition coefficient (Wildman–Crippen LogP) is 11.6. The lowest BCUT2D eigenvalue weighted by Gasteiger charge is -2.31. The Labute approximate surface area is 524 Å². The molecular weight excluding hydrogens is 1130 g/mol. The first-order valence-electron chi connectivity index (χ1n) is 31.5. The standard InChI is InChI=1S/C73H75N9O8/c1-3-61-62-39-59(28-29-66(62)78-68-63(61)48-82-67(68)40-65-64(70(82)84)49-89-72(86)73(65,87)4-2)90-71(85)54-26-24-50(25-27-54)43-81(69(83)53-18-6-5-7-19-53)34-16-17-35-88-60-37-51(41-79(44-55-20-8-12-30-74-55)45-56-21-9-13-31-75-56)36-52(38-60)42-80(46-57-22-10-14-32-76-57)47-58-23-11-15-33-77-58/h8-15,20-33,36-40,53,87H,3-7,16-19,34-35,41-49H2,1-2H3. The molecule has 1 N–H and O–H groups in total. The van der Waals surface area contributed by atoms with E-state index in [-0.39, 0.29) is 48.1 Å². The lowest BCUT2D eigenvalue weighted by molar-refractivity contribution is -0.172. The van der Waals surface area contributed by atoms with Crippen molar-refractivity contribution in [2.75, 3.05) is 13.2 Å². The van der Waals surface area contributed by atoms with E-state index < -0.39 is 17.5 Å². The fourth-order valence-electron chi connectivity index (χ4n) is 12.9. The number of cyclic esters (lactones) is 1. The first-order chi connectivity index (χ1) is 44.0. The van der Waals surface area contributed by atoms with Gasteiger partial charge in [0.1, 0.15) is 18.1 Å².